The van der Waals surface area contributed by atoms with Crippen LogP contribution in [0.15, 0.2) is 29.3 Å². The predicted octanol–water partition coefficient (Wildman–Crippen LogP) is 2.75. The Bertz CT molecular complexity index is 559. The highest BCUT2D eigenvalue weighted by atomic mass is 15.2. The Morgan fingerprint density at radius 2 is 2.00 bits per heavy atom. The van der Waals surface area contributed by atoms with Crippen LogP contribution >= 0.6 is 0 Å². The molecule has 1 aliphatic heterocycles. The number of likely N-dealkylation sites (tertiary alicyclic amines) is 1. The largest absolute Gasteiger partial charge is 0.357 e. The molecule has 2 aliphatic rings. The third kappa shape index (κ3) is 4.10. The fraction of sp³-hybridized carbons (Fsp3) is 0.650. The van der Waals surface area contributed by atoms with Crippen LogP contribution in [0.5, 0.6) is 0 Å². The first-order valence-corrected chi connectivity index (χ1v) is 9.54. The molecule has 0 aromatic heterocycles. The number of benzene rings is 1. The molecule has 0 radical (unpaired) electrons. The Morgan fingerprint density at radius 3 is 2.67 bits per heavy atom. The summed E-state index contributed by atoms with van der Waals surface area (Å²) < 4.78 is 0. The van der Waals surface area contributed by atoms with Gasteiger partial charge in [-0.15, -0.1) is 0 Å². The molecule has 1 aromatic rings. The van der Waals surface area contributed by atoms with Gasteiger partial charge in [0.2, 0.25) is 0 Å². The van der Waals surface area contributed by atoms with Crippen LogP contribution in [0.4, 0.5) is 0 Å². The zero-order valence-corrected chi connectivity index (χ0v) is 15.4. The molecule has 2 N–H and O–H groups in total. The molecule has 1 unspecified atom stereocenters. The Hall–Kier alpha value is -1.55. The SMILES string of the molecule is CCNC(=NCC1Cc2ccccc21)NC1CCN(C(C)C)CC1. The molecular weight excluding hydrogens is 296 g/mol. The maximum absolute atomic E-state index is 4.86. The number of hydrogen-bond donors (Lipinski definition) is 2. The fourth-order valence-corrected chi connectivity index (χ4v) is 3.80. The van der Waals surface area contributed by atoms with E-state index in [1.54, 1.807) is 0 Å². The van der Waals surface area contributed by atoms with Crippen molar-refractivity contribution in [3.63, 3.8) is 0 Å². The Morgan fingerprint density at radius 1 is 1.25 bits per heavy atom. The minimum atomic E-state index is 0.548. The number of piperidine rings is 1. The number of fused-ring (bicyclic) bond motifs is 1. The number of guanidine groups is 1. The van der Waals surface area contributed by atoms with E-state index in [4.69, 9.17) is 4.99 Å². The number of nitrogens with one attached hydrogen (secondary N) is 2. The lowest BCUT2D eigenvalue weighted by molar-refractivity contribution is 0.167. The fourth-order valence-electron chi connectivity index (χ4n) is 3.80. The van der Waals surface area contributed by atoms with E-state index in [1.807, 2.05) is 0 Å². The lowest BCUT2D eigenvalue weighted by Crippen LogP contribution is -2.50. The molecule has 24 heavy (non-hydrogen) atoms. The van der Waals surface area contributed by atoms with Gasteiger partial charge in [-0.05, 0) is 51.2 Å². The van der Waals surface area contributed by atoms with Crippen LogP contribution in [0.1, 0.15) is 50.7 Å². The van der Waals surface area contributed by atoms with Gasteiger partial charge < -0.3 is 15.5 Å². The van der Waals surface area contributed by atoms with E-state index in [1.165, 1.54) is 43.5 Å². The maximum atomic E-state index is 4.86. The van der Waals surface area contributed by atoms with Gasteiger partial charge in [0.1, 0.15) is 0 Å². The molecule has 0 saturated carbocycles. The van der Waals surface area contributed by atoms with Crippen LogP contribution in [0, 0.1) is 0 Å². The number of rotatable bonds is 5. The minimum Gasteiger partial charge on any atom is -0.357 e. The monoisotopic (exact) mass is 328 g/mol. The Kier molecular flexibility index (Phi) is 5.77. The van der Waals surface area contributed by atoms with Gasteiger partial charge in [0.25, 0.3) is 0 Å². The summed E-state index contributed by atoms with van der Waals surface area (Å²) in [6.45, 7) is 10.9. The third-order valence-electron chi connectivity index (χ3n) is 5.38. The molecule has 0 spiro atoms. The first-order chi connectivity index (χ1) is 11.7. The van der Waals surface area contributed by atoms with Gasteiger partial charge in [0.15, 0.2) is 5.96 Å². The van der Waals surface area contributed by atoms with E-state index in [2.05, 4.69) is 60.6 Å². The second kappa shape index (κ2) is 8.02. The summed E-state index contributed by atoms with van der Waals surface area (Å²) in [4.78, 5) is 7.43. The Labute approximate surface area is 146 Å². The highest BCUT2D eigenvalue weighted by molar-refractivity contribution is 5.80. The zero-order valence-electron chi connectivity index (χ0n) is 15.4. The maximum Gasteiger partial charge on any atom is 0.191 e. The van der Waals surface area contributed by atoms with E-state index in [0.717, 1.165) is 19.0 Å². The summed E-state index contributed by atoms with van der Waals surface area (Å²) in [6, 6.07) is 9.97. The van der Waals surface area contributed by atoms with Crippen molar-refractivity contribution >= 4 is 5.96 Å². The van der Waals surface area contributed by atoms with Crippen LogP contribution in [0.25, 0.3) is 0 Å². The molecule has 1 aromatic carbocycles. The van der Waals surface area contributed by atoms with Crippen LogP contribution in [0.3, 0.4) is 0 Å². The molecule has 132 valence electrons. The topological polar surface area (TPSA) is 39.7 Å². The van der Waals surface area contributed by atoms with Gasteiger partial charge in [-0.2, -0.15) is 0 Å². The van der Waals surface area contributed by atoms with Crippen molar-refractivity contribution in [2.24, 2.45) is 4.99 Å². The van der Waals surface area contributed by atoms with Crippen molar-refractivity contribution in [3.05, 3.63) is 35.4 Å². The normalized spacial score (nSPS) is 22.2. The van der Waals surface area contributed by atoms with Gasteiger partial charge in [-0.25, -0.2) is 0 Å². The van der Waals surface area contributed by atoms with Crippen molar-refractivity contribution in [3.8, 4) is 0 Å². The summed E-state index contributed by atoms with van der Waals surface area (Å²) in [5.74, 6) is 1.59. The third-order valence-corrected chi connectivity index (χ3v) is 5.38. The minimum absolute atomic E-state index is 0.548. The number of hydrogen-bond acceptors (Lipinski definition) is 2. The molecule has 1 fully saturated rings. The van der Waals surface area contributed by atoms with Crippen LogP contribution in [-0.2, 0) is 6.42 Å². The number of nitrogens with zero attached hydrogens (tertiary/aromatic N) is 2. The van der Waals surface area contributed by atoms with Crippen molar-refractivity contribution in [1.29, 1.82) is 0 Å². The first-order valence-electron chi connectivity index (χ1n) is 9.54. The lowest BCUT2D eigenvalue weighted by atomic mass is 9.78. The van der Waals surface area contributed by atoms with E-state index >= 15 is 0 Å². The molecule has 0 bridgehead atoms. The van der Waals surface area contributed by atoms with Gasteiger partial charge in [-0.1, -0.05) is 24.3 Å². The highest BCUT2D eigenvalue weighted by Crippen LogP contribution is 2.34. The van der Waals surface area contributed by atoms with E-state index in [0.29, 0.717) is 18.0 Å². The van der Waals surface area contributed by atoms with Gasteiger partial charge in [0.05, 0.1) is 0 Å². The first kappa shape index (κ1) is 17.3. The predicted molar refractivity (Wildman–Crippen MR) is 102 cm³/mol. The number of aliphatic imine (C=N–C) groups is 1. The zero-order chi connectivity index (χ0) is 16.9. The molecule has 4 heteroatoms. The molecule has 1 heterocycles. The van der Waals surface area contributed by atoms with Gasteiger partial charge >= 0.3 is 0 Å². The van der Waals surface area contributed by atoms with Crippen molar-refractivity contribution < 1.29 is 0 Å². The molecule has 0 amide bonds. The summed E-state index contributed by atoms with van der Waals surface area (Å²) in [7, 11) is 0. The standard InChI is InChI=1S/C20H32N4/c1-4-21-20(23-18-9-11-24(12-10-18)15(2)3)22-14-17-13-16-7-5-6-8-19(16)17/h5-8,15,17-18H,4,9-14H2,1-3H3,(H2,21,22,23). The smallest absolute Gasteiger partial charge is 0.191 e. The van der Waals surface area contributed by atoms with Crippen molar-refractivity contribution in [2.75, 3.05) is 26.2 Å². The average Bonchev–Trinajstić information content (AvgIpc) is 2.56. The molecule has 1 atom stereocenters. The van der Waals surface area contributed by atoms with E-state index in [9.17, 15) is 0 Å². The van der Waals surface area contributed by atoms with Crippen LogP contribution < -0.4 is 10.6 Å². The van der Waals surface area contributed by atoms with E-state index < -0.39 is 0 Å². The molecular formula is C20H32N4. The highest BCUT2D eigenvalue weighted by Gasteiger charge is 2.25. The molecule has 1 saturated heterocycles. The summed E-state index contributed by atoms with van der Waals surface area (Å²) >= 11 is 0. The average molecular weight is 329 g/mol. The van der Waals surface area contributed by atoms with Crippen LogP contribution in [-0.4, -0.2) is 49.1 Å². The Balaban J connectivity index is 1.52. The van der Waals surface area contributed by atoms with Gasteiger partial charge in [-0.3, -0.25) is 4.99 Å². The summed E-state index contributed by atoms with van der Waals surface area (Å²) in [5, 5.41) is 7.07. The quantitative estimate of drug-likeness (QED) is 0.645. The molecule has 1 aliphatic carbocycles. The van der Waals surface area contributed by atoms with Gasteiger partial charge in [0, 0.05) is 44.2 Å². The van der Waals surface area contributed by atoms with Crippen molar-refractivity contribution in [1.82, 2.24) is 15.5 Å². The summed E-state index contributed by atoms with van der Waals surface area (Å²) in [6.07, 6.45) is 3.58. The second-order valence-corrected chi connectivity index (χ2v) is 7.37. The second-order valence-electron chi connectivity index (χ2n) is 7.37. The van der Waals surface area contributed by atoms with E-state index in [-0.39, 0.29) is 0 Å². The lowest BCUT2D eigenvalue weighted by Gasteiger charge is -2.35. The molecule has 3 rings (SSSR count). The van der Waals surface area contributed by atoms with Crippen molar-refractivity contribution in [2.45, 2.75) is 58.0 Å². The van der Waals surface area contributed by atoms with Crippen LogP contribution in [0.2, 0.25) is 0 Å². The molecule has 4 nitrogen and oxygen atoms in total. The summed E-state index contributed by atoms with van der Waals surface area (Å²) in [5.41, 5.74) is 2.99.